The van der Waals surface area contributed by atoms with E-state index in [2.05, 4.69) is 36.7 Å². The first kappa shape index (κ1) is 24.9. The fraction of sp³-hybridized carbons (Fsp3) is 1.00. The summed E-state index contributed by atoms with van der Waals surface area (Å²) in [5.74, 6) is 0. The maximum absolute atomic E-state index is 3.36. The third-order valence-corrected chi connectivity index (χ3v) is 4.93. The highest BCUT2D eigenvalue weighted by molar-refractivity contribution is 4.51. The third-order valence-electron chi connectivity index (χ3n) is 4.93. The van der Waals surface area contributed by atoms with E-state index in [1.165, 1.54) is 103 Å². The van der Waals surface area contributed by atoms with Crippen molar-refractivity contribution in [3.05, 3.63) is 0 Å². The van der Waals surface area contributed by atoms with Gasteiger partial charge in [0.05, 0.1) is 0 Å². The SMILES string of the molecule is CCCCCCCCCCCCCCCCCCN(NCC)NCC. The lowest BCUT2D eigenvalue weighted by molar-refractivity contribution is 0.117. The maximum atomic E-state index is 3.36. The van der Waals surface area contributed by atoms with Gasteiger partial charge in [-0.05, 0) is 6.42 Å². The largest absolute Gasteiger partial charge is 0.242 e. The molecule has 0 amide bonds. The molecule has 0 aliphatic rings. The monoisotopic (exact) mass is 355 g/mol. The molecule has 0 radical (unpaired) electrons. The Kier molecular flexibility index (Phi) is 21.8. The molecule has 0 aromatic rings. The number of nitrogens with one attached hydrogen (secondary N) is 2. The van der Waals surface area contributed by atoms with Crippen LogP contribution in [0.25, 0.3) is 0 Å². The van der Waals surface area contributed by atoms with Crippen molar-refractivity contribution in [1.29, 1.82) is 0 Å². The first-order chi connectivity index (χ1) is 12.3. The number of unbranched alkanes of at least 4 members (excludes halogenated alkanes) is 15. The zero-order chi connectivity index (χ0) is 18.4. The molecule has 0 aromatic carbocycles. The van der Waals surface area contributed by atoms with Crippen LogP contribution in [0.4, 0.5) is 0 Å². The van der Waals surface area contributed by atoms with E-state index in [4.69, 9.17) is 0 Å². The second kappa shape index (κ2) is 21.9. The van der Waals surface area contributed by atoms with Gasteiger partial charge in [-0.25, -0.2) is 10.9 Å². The normalized spacial score (nSPS) is 11.5. The van der Waals surface area contributed by atoms with Gasteiger partial charge in [0.1, 0.15) is 0 Å². The Hall–Kier alpha value is -0.120. The topological polar surface area (TPSA) is 27.3 Å². The van der Waals surface area contributed by atoms with Crippen LogP contribution in [-0.2, 0) is 0 Å². The van der Waals surface area contributed by atoms with E-state index >= 15 is 0 Å². The fourth-order valence-electron chi connectivity index (χ4n) is 3.41. The lowest BCUT2D eigenvalue weighted by atomic mass is 10.0. The van der Waals surface area contributed by atoms with Crippen molar-refractivity contribution in [2.24, 2.45) is 0 Å². The zero-order valence-corrected chi connectivity index (χ0v) is 17.9. The van der Waals surface area contributed by atoms with E-state index in [0.717, 1.165) is 19.6 Å². The molecule has 3 heteroatoms. The van der Waals surface area contributed by atoms with Crippen molar-refractivity contribution in [2.75, 3.05) is 19.6 Å². The minimum atomic E-state index is 0.992. The molecule has 0 bridgehead atoms. The van der Waals surface area contributed by atoms with E-state index in [9.17, 15) is 0 Å². The molecule has 0 atom stereocenters. The highest BCUT2D eigenvalue weighted by Gasteiger charge is 2.00. The molecule has 0 aromatic heterocycles. The number of rotatable bonds is 21. The molecule has 2 N–H and O–H groups in total. The van der Waals surface area contributed by atoms with Crippen molar-refractivity contribution in [2.45, 2.75) is 124 Å². The van der Waals surface area contributed by atoms with Crippen LogP contribution in [0.5, 0.6) is 0 Å². The Balaban J connectivity index is 3.13. The second-order valence-corrected chi connectivity index (χ2v) is 7.48. The van der Waals surface area contributed by atoms with Gasteiger partial charge < -0.3 is 0 Å². The third kappa shape index (κ3) is 20.0. The van der Waals surface area contributed by atoms with Crippen LogP contribution in [0.1, 0.15) is 124 Å². The lowest BCUT2D eigenvalue weighted by Gasteiger charge is -2.22. The Labute approximate surface area is 159 Å². The number of hydrogen-bond acceptors (Lipinski definition) is 3. The van der Waals surface area contributed by atoms with Crippen LogP contribution in [0, 0.1) is 0 Å². The van der Waals surface area contributed by atoms with E-state index in [-0.39, 0.29) is 0 Å². The average molecular weight is 356 g/mol. The number of hydrazine groups is 2. The van der Waals surface area contributed by atoms with E-state index < -0.39 is 0 Å². The molecule has 0 rings (SSSR count). The zero-order valence-electron chi connectivity index (χ0n) is 17.9. The highest BCUT2D eigenvalue weighted by Crippen LogP contribution is 2.13. The second-order valence-electron chi connectivity index (χ2n) is 7.48. The van der Waals surface area contributed by atoms with Crippen molar-refractivity contribution >= 4 is 0 Å². The Morgan fingerprint density at radius 1 is 0.440 bits per heavy atom. The molecule has 0 fully saturated rings. The first-order valence-electron chi connectivity index (χ1n) is 11.6. The molecular formula is C22H49N3. The van der Waals surface area contributed by atoms with Crippen molar-refractivity contribution < 1.29 is 0 Å². The summed E-state index contributed by atoms with van der Waals surface area (Å²) >= 11 is 0. The molecule has 0 saturated carbocycles. The van der Waals surface area contributed by atoms with E-state index in [1.807, 2.05) is 0 Å². The van der Waals surface area contributed by atoms with Crippen LogP contribution in [0.15, 0.2) is 0 Å². The quantitative estimate of drug-likeness (QED) is 0.179. The van der Waals surface area contributed by atoms with Gasteiger partial charge in [-0.3, -0.25) is 0 Å². The molecule has 25 heavy (non-hydrogen) atoms. The van der Waals surface area contributed by atoms with Gasteiger partial charge >= 0.3 is 0 Å². The number of hydrogen-bond donors (Lipinski definition) is 2. The van der Waals surface area contributed by atoms with Crippen LogP contribution in [0.2, 0.25) is 0 Å². The molecule has 152 valence electrons. The summed E-state index contributed by atoms with van der Waals surface area (Å²) in [4.78, 5) is 0. The number of nitrogens with zero attached hydrogens (tertiary/aromatic N) is 1. The Morgan fingerprint density at radius 2 is 0.760 bits per heavy atom. The summed E-state index contributed by atoms with van der Waals surface area (Å²) in [6.07, 6.45) is 22.9. The van der Waals surface area contributed by atoms with E-state index in [0.29, 0.717) is 0 Å². The molecule has 0 saturated heterocycles. The summed E-state index contributed by atoms with van der Waals surface area (Å²) in [6.45, 7) is 9.69. The average Bonchev–Trinajstić information content (AvgIpc) is 2.61. The standard InChI is InChI=1S/C22H49N3/c1-4-7-8-9-10-11-12-13-14-15-16-17-18-19-20-21-22-25(23-5-2)24-6-3/h23-24H,4-22H2,1-3H3. The van der Waals surface area contributed by atoms with Gasteiger partial charge in [0.25, 0.3) is 0 Å². The summed E-state index contributed by atoms with van der Waals surface area (Å²) in [7, 11) is 0. The summed E-state index contributed by atoms with van der Waals surface area (Å²) in [6, 6.07) is 0. The van der Waals surface area contributed by atoms with Crippen molar-refractivity contribution in [1.82, 2.24) is 16.0 Å². The molecule has 0 heterocycles. The van der Waals surface area contributed by atoms with Gasteiger partial charge in [-0.2, -0.15) is 5.12 Å². The summed E-state index contributed by atoms with van der Waals surface area (Å²) < 4.78 is 0. The van der Waals surface area contributed by atoms with Crippen LogP contribution >= 0.6 is 0 Å². The van der Waals surface area contributed by atoms with Crippen LogP contribution in [-0.4, -0.2) is 24.8 Å². The van der Waals surface area contributed by atoms with Gasteiger partial charge in [-0.15, -0.1) is 0 Å². The molecule has 0 spiro atoms. The minimum Gasteiger partial charge on any atom is -0.242 e. The van der Waals surface area contributed by atoms with Crippen LogP contribution in [0.3, 0.4) is 0 Å². The first-order valence-corrected chi connectivity index (χ1v) is 11.6. The minimum absolute atomic E-state index is 0.992. The Morgan fingerprint density at radius 3 is 1.08 bits per heavy atom. The van der Waals surface area contributed by atoms with Crippen molar-refractivity contribution in [3.8, 4) is 0 Å². The van der Waals surface area contributed by atoms with Gasteiger partial charge in [0.15, 0.2) is 0 Å². The smallest absolute Gasteiger partial charge is 0.0288 e. The summed E-state index contributed by atoms with van der Waals surface area (Å²) in [5, 5.41) is 2.16. The molecule has 0 unspecified atom stereocenters. The van der Waals surface area contributed by atoms with E-state index in [1.54, 1.807) is 0 Å². The van der Waals surface area contributed by atoms with Gasteiger partial charge in [0.2, 0.25) is 0 Å². The van der Waals surface area contributed by atoms with Crippen LogP contribution < -0.4 is 10.9 Å². The molecule has 3 nitrogen and oxygen atoms in total. The van der Waals surface area contributed by atoms with Crippen molar-refractivity contribution in [3.63, 3.8) is 0 Å². The highest BCUT2D eigenvalue weighted by atomic mass is 15.7. The molecule has 0 aliphatic heterocycles. The van der Waals surface area contributed by atoms with Gasteiger partial charge in [-0.1, -0.05) is 117 Å². The predicted octanol–water partition coefficient (Wildman–Crippen LogP) is 6.60. The fourth-order valence-corrected chi connectivity index (χ4v) is 3.41. The Bertz CT molecular complexity index is 227. The molecule has 0 aliphatic carbocycles. The predicted molar refractivity (Wildman–Crippen MR) is 114 cm³/mol. The summed E-state index contributed by atoms with van der Waals surface area (Å²) in [5.41, 5.74) is 6.72. The lowest BCUT2D eigenvalue weighted by Crippen LogP contribution is -2.48. The molecular weight excluding hydrogens is 306 g/mol. The van der Waals surface area contributed by atoms with Gasteiger partial charge in [0, 0.05) is 19.6 Å². The maximum Gasteiger partial charge on any atom is 0.0288 e.